The first-order valence-corrected chi connectivity index (χ1v) is 12.6. The SMILES string of the molecule is Cc1ccc([N+](=O)[O-])cc1S(=O)(=O)N1CCN(c2ccc(-c3ccc4ccccc4c3)nn2)CC1. The monoisotopic (exact) mass is 489 g/mol. The zero-order valence-corrected chi connectivity index (χ0v) is 19.9. The Morgan fingerprint density at radius 2 is 1.60 bits per heavy atom. The summed E-state index contributed by atoms with van der Waals surface area (Å²) < 4.78 is 27.7. The number of rotatable bonds is 5. The molecule has 0 unspecified atom stereocenters. The molecule has 0 spiro atoms. The predicted octanol–water partition coefficient (Wildman–Crippen LogP) is 4.02. The molecule has 9 nitrogen and oxygen atoms in total. The van der Waals surface area contributed by atoms with Gasteiger partial charge in [-0.25, -0.2) is 8.42 Å². The Hall–Kier alpha value is -3.89. The number of benzene rings is 3. The molecule has 1 aromatic heterocycles. The lowest BCUT2D eigenvalue weighted by Crippen LogP contribution is -2.49. The molecule has 35 heavy (non-hydrogen) atoms. The lowest BCUT2D eigenvalue weighted by molar-refractivity contribution is -0.385. The van der Waals surface area contributed by atoms with Crippen molar-refractivity contribution in [3.8, 4) is 11.3 Å². The summed E-state index contributed by atoms with van der Waals surface area (Å²) in [7, 11) is -3.85. The summed E-state index contributed by atoms with van der Waals surface area (Å²) in [5, 5.41) is 22.2. The average Bonchev–Trinajstić information content (AvgIpc) is 2.88. The van der Waals surface area contributed by atoms with E-state index in [0.29, 0.717) is 24.5 Å². The van der Waals surface area contributed by atoms with Crippen molar-refractivity contribution in [2.24, 2.45) is 0 Å². The number of sulfonamides is 1. The number of fused-ring (bicyclic) bond motifs is 1. The van der Waals surface area contributed by atoms with Crippen LogP contribution in [0.2, 0.25) is 0 Å². The maximum Gasteiger partial charge on any atom is 0.270 e. The third-order valence-electron chi connectivity index (χ3n) is 6.26. The van der Waals surface area contributed by atoms with Crippen LogP contribution in [0.4, 0.5) is 11.5 Å². The third-order valence-corrected chi connectivity index (χ3v) is 8.30. The molecule has 3 aromatic carbocycles. The van der Waals surface area contributed by atoms with E-state index in [9.17, 15) is 18.5 Å². The van der Waals surface area contributed by atoms with E-state index < -0.39 is 14.9 Å². The lowest BCUT2D eigenvalue weighted by atomic mass is 10.1. The Kier molecular flexibility index (Phi) is 5.91. The normalized spacial score (nSPS) is 14.8. The molecule has 0 atom stereocenters. The molecule has 1 aliphatic heterocycles. The van der Waals surface area contributed by atoms with Gasteiger partial charge in [-0.3, -0.25) is 10.1 Å². The van der Waals surface area contributed by atoms with Crippen LogP contribution in [-0.2, 0) is 10.0 Å². The highest BCUT2D eigenvalue weighted by molar-refractivity contribution is 7.89. The van der Waals surface area contributed by atoms with Crippen LogP contribution in [0, 0.1) is 17.0 Å². The van der Waals surface area contributed by atoms with Crippen LogP contribution in [0.1, 0.15) is 5.56 Å². The molecule has 0 aliphatic carbocycles. The number of aromatic nitrogens is 2. The highest BCUT2D eigenvalue weighted by atomic mass is 32.2. The van der Waals surface area contributed by atoms with Crippen LogP contribution in [0.5, 0.6) is 0 Å². The summed E-state index contributed by atoms with van der Waals surface area (Å²) in [6.07, 6.45) is 0. The first-order chi connectivity index (χ1) is 16.8. The van der Waals surface area contributed by atoms with Crippen molar-refractivity contribution in [1.82, 2.24) is 14.5 Å². The number of aryl methyl sites for hydroxylation is 1. The van der Waals surface area contributed by atoms with Gasteiger partial charge in [-0.15, -0.1) is 10.2 Å². The zero-order valence-electron chi connectivity index (χ0n) is 19.0. The fourth-order valence-corrected chi connectivity index (χ4v) is 5.94. The van der Waals surface area contributed by atoms with Crippen molar-refractivity contribution < 1.29 is 13.3 Å². The zero-order chi connectivity index (χ0) is 24.6. The average molecular weight is 490 g/mol. The fourth-order valence-electron chi connectivity index (χ4n) is 4.27. The Bertz CT molecular complexity index is 1510. The minimum atomic E-state index is -3.85. The summed E-state index contributed by atoms with van der Waals surface area (Å²) in [4.78, 5) is 12.5. The first kappa shape index (κ1) is 22.9. The minimum Gasteiger partial charge on any atom is -0.352 e. The molecule has 1 fully saturated rings. The van der Waals surface area contributed by atoms with Crippen LogP contribution in [0.25, 0.3) is 22.0 Å². The molecule has 4 aromatic rings. The van der Waals surface area contributed by atoms with Gasteiger partial charge in [0, 0.05) is 43.9 Å². The molecular formula is C25H23N5O4S. The molecule has 5 rings (SSSR count). The van der Waals surface area contributed by atoms with Gasteiger partial charge in [0.05, 0.1) is 15.5 Å². The van der Waals surface area contributed by atoms with E-state index in [0.717, 1.165) is 28.1 Å². The molecule has 0 radical (unpaired) electrons. The van der Waals surface area contributed by atoms with Crippen LogP contribution in [0.15, 0.2) is 77.7 Å². The van der Waals surface area contributed by atoms with Gasteiger partial charge in [-0.1, -0.05) is 42.5 Å². The third kappa shape index (κ3) is 4.45. The van der Waals surface area contributed by atoms with Crippen molar-refractivity contribution in [3.63, 3.8) is 0 Å². The molecular weight excluding hydrogens is 466 g/mol. The van der Waals surface area contributed by atoms with Gasteiger partial charge in [0.15, 0.2) is 5.82 Å². The Balaban J connectivity index is 1.29. The molecule has 0 N–H and O–H groups in total. The van der Waals surface area contributed by atoms with Crippen molar-refractivity contribution in [1.29, 1.82) is 0 Å². The van der Waals surface area contributed by atoms with Crippen molar-refractivity contribution >= 4 is 32.3 Å². The number of nitro benzene ring substituents is 1. The largest absolute Gasteiger partial charge is 0.352 e. The van der Waals surface area contributed by atoms with Gasteiger partial charge in [-0.2, -0.15) is 4.31 Å². The van der Waals surface area contributed by atoms with Crippen LogP contribution < -0.4 is 4.90 Å². The second-order valence-electron chi connectivity index (χ2n) is 8.44. The highest BCUT2D eigenvalue weighted by Gasteiger charge is 2.31. The van der Waals surface area contributed by atoms with Crippen LogP contribution in [-0.4, -0.2) is 54.0 Å². The Labute approximate surface area is 202 Å². The molecule has 0 amide bonds. The summed E-state index contributed by atoms with van der Waals surface area (Å²) in [6.45, 7) is 3.02. The number of piperazine rings is 1. The summed E-state index contributed by atoms with van der Waals surface area (Å²) in [6, 6.07) is 22.0. The molecule has 0 bridgehead atoms. The van der Waals surface area contributed by atoms with Gasteiger partial charge in [0.25, 0.3) is 5.69 Å². The van der Waals surface area contributed by atoms with E-state index in [2.05, 4.69) is 34.5 Å². The Morgan fingerprint density at radius 1 is 0.857 bits per heavy atom. The fraction of sp³-hybridized carbons (Fsp3) is 0.200. The number of non-ortho nitro benzene ring substituents is 1. The van der Waals surface area contributed by atoms with Crippen molar-refractivity contribution in [3.05, 3.63) is 88.5 Å². The molecule has 1 aliphatic rings. The topological polar surface area (TPSA) is 110 Å². The second-order valence-corrected chi connectivity index (χ2v) is 10.3. The highest BCUT2D eigenvalue weighted by Crippen LogP contribution is 2.27. The number of anilines is 1. The summed E-state index contributed by atoms with van der Waals surface area (Å²) in [5.41, 5.74) is 1.98. The number of hydrogen-bond acceptors (Lipinski definition) is 7. The van der Waals surface area contributed by atoms with E-state index >= 15 is 0 Å². The van der Waals surface area contributed by atoms with Crippen molar-refractivity contribution in [2.45, 2.75) is 11.8 Å². The number of nitro groups is 1. The maximum atomic E-state index is 13.2. The van der Waals surface area contributed by atoms with E-state index in [1.54, 1.807) is 6.92 Å². The van der Waals surface area contributed by atoms with Gasteiger partial charge < -0.3 is 4.90 Å². The van der Waals surface area contributed by atoms with Gasteiger partial charge in [0.2, 0.25) is 10.0 Å². The van der Waals surface area contributed by atoms with Gasteiger partial charge >= 0.3 is 0 Å². The van der Waals surface area contributed by atoms with E-state index in [1.165, 1.54) is 16.4 Å². The van der Waals surface area contributed by atoms with E-state index in [1.807, 2.05) is 35.2 Å². The standard InChI is InChI=1S/C25H23N5O4S/c1-18-6-9-22(30(31)32)17-24(18)35(33,34)29-14-12-28(13-15-29)25-11-10-23(26-27-25)21-8-7-19-4-2-3-5-20(19)16-21/h2-11,16-17H,12-15H2,1H3. The van der Waals surface area contributed by atoms with Crippen LogP contribution >= 0.6 is 0 Å². The first-order valence-electron chi connectivity index (χ1n) is 11.2. The number of nitrogens with zero attached hydrogens (tertiary/aromatic N) is 5. The smallest absolute Gasteiger partial charge is 0.270 e. The predicted molar refractivity (Wildman–Crippen MR) is 134 cm³/mol. The number of hydrogen-bond donors (Lipinski definition) is 0. The molecule has 1 saturated heterocycles. The molecule has 10 heteroatoms. The Morgan fingerprint density at radius 3 is 2.29 bits per heavy atom. The maximum absolute atomic E-state index is 13.2. The quantitative estimate of drug-likeness (QED) is 0.308. The second kappa shape index (κ2) is 9.05. The summed E-state index contributed by atoms with van der Waals surface area (Å²) in [5.74, 6) is 0.679. The van der Waals surface area contributed by atoms with Crippen molar-refractivity contribution in [2.75, 3.05) is 31.1 Å². The lowest BCUT2D eigenvalue weighted by Gasteiger charge is -2.34. The van der Waals surface area contributed by atoms with E-state index in [-0.39, 0.29) is 23.7 Å². The molecule has 178 valence electrons. The molecule has 2 heterocycles. The molecule has 0 saturated carbocycles. The summed E-state index contributed by atoms with van der Waals surface area (Å²) >= 11 is 0. The minimum absolute atomic E-state index is 0.0281. The van der Waals surface area contributed by atoms with E-state index in [4.69, 9.17) is 0 Å². The van der Waals surface area contributed by atoms with Gasteiger partial charge in [-0.05, 0) is 41.5 Å². The van der Waals surface area contributed by atoms with Crippen LogP contribution in [0.3, 0.4) is 0 Å². The van der Waals surface area contributed by atoms with Gasteiger partial charge in [0.1, 0.15) is 0 Å².